The van der Waals surface area contributed by atoms with Gasteiger partial charge in [-0.1, -0.05) is 13.8 Å². The van der Waals surface area contributed by atoms with E-state index >= 15 is 0 Å². The SMILES string of the molecule is Cc1cc(C(=O)Nc2cncc(C(C)C)c2)c(C)[nH]1. The maximum absolute atomic E-state index is 12.2. The van der Waals surface area contributed by atoms with E-state index in [0.29, 0.717) is 11.5 Å². The normalized spacial score (nSPS) is 10.8. The average Bonchev–Trinajstić information content (AvgIpc) is 2.69. The van der Waals surface area contributed by atoms with Crippen molar-refractivity contribution in [1.82, 2.24) is 9.97 Å². The third-order valence-electron chi connectivity index (χ3n) is 3.08. The molecule has 0 spiro atoms. The van der Waals surface area contributed by atoms with Gasteiger partial charge >= 0.3 is 0 Å². The molecule has 2 heterocycles. The number of aromatic nitrogens is 2. The number of nitrogens with one attached hydrogen (secondary N) is 2. The zero-order valence-corrected chi connectivity index (χ0v) is 11.7. The highest BCUT2D eigenvalue weighted by Gasteiger charge is 2.12. The Kier molecular flexibility index (Phi) is 3.69. The molecule has 4 heteroatoms. The molecule has 0 aliphatic heterocycles. The Morgan fingerprint density at radius 3 is 2.58 bits per heavy atom. The molecule has 2 N–H and O–H groups in total. The molecule has 0 aliphatic carbocycles. The number of aromatic amines is 1. The fourth-order valence-corrected chi connectivity index (χ4v) is 2.00. The summed E-state index contributed by atoms with van der Waals surface area (Å²) in [6, 6.07) is 3.81. The predicted molar refractivity (Wildman–Crippen MR) is 76.5 cm³/mol. The second-order valence-corrected chi connectivity index (χ2v) is 5.11. The number of rotatable bonds is 3. The highest BCUT2D eigenvalue weighted by Crippen LogP contribution is 2.18. The van der Waals surface area contributed by atoms with Crippen molar-refractivity contribution in [2.24, 2.45) is 0 Å². The predicted octanol–water partition coefficient (Wildman–Crippen LogP) is 3.40. The number of carbonyl (C=O) groups excluding carboxylic acids is 1. The van der Waals surface area contributed by atoms with Crippen LogP contribution in [0.5, 0.6) is 0 Å². The summed E-state index contributed by atoms with van der Waals surface area (Å²) in [6.07, 6.45) is 3.49. The largest absolute Gasteiger partial charge is 0.362 e. The van der Waals surface area contributed by atoms with Gasteiger partial charge in [0, 0.05) is 17.6 Å². The molecule has 0 aliphatic rings. The minimum absolute atomic E-state index is 0.107. The summed E-state index contributed by atoms with van der Waals surface area (Å²) in [7, 11) is 0. The molecule has 2 aromatic heterocycles. The molecule has 0 aromatic carbocycles. The molecule has 2 rings (SSSR count). The lowest BCUT2D eigenvalue weighted by Crippen LogP contribution is -2.12. The van der Waals surface area contributed by atoms with E-state index in [1.165, 1.54) is 0 Å². The Bertz CT molecular complexity index is 599. The molecule has 0 saturated carbocycles. The van der Waals surface area contributed by atoms with Crippen molar-refractivity contribution in [3.05, 3.63) is 47.0 Å². The molecule has 0 unspecified atom stereocenters. The van der Waals surface area contributed by atoms with Crippen molar-refractivity contribution in [3.8, 4) is 0 Å². The molecule has 0 saturated heterocycles. The van der Waals surface area contributed by atoms with E-state index < -0.39 is 0 Å². The smallest absolute Gasteiger partial charge is 0.257 e. The summed E-state index contributed by atoms with van der Waals surface area (Å²) in [4.78, 5) is 19.5. The van der Waals surface area contributed by atoms with Crippen molar-refractivity contribution in [2.75, 3.05) is 5.32 Å². The molecule has 19 heavy (non-hydrogen) atoms. The van der Waals surface area contributed by atoms with Gasteiger partial charge in [0.05, 0.1) is 17.4 Å². The fraction of sp³-hybridized carbons (Fsp3) is 0.333. The van der Waals surface area contributed by atoms with Crippen LogP contribution in [-0.4, -0.2) is 15.9 Å². The molecular formula is C15H19N3O. The summed E-state index contributed by atoms with van der Waals surface area (Å²) in [5, 5.41) is 2.89. The second kappa shape index (κ2) is 5.26. The van der Waals surface area contributed by atoms with Crippen LogP contribution in [0.3, 0.4) is 0 Å². The summed E-state index contributed by atoms with van der Waals surface area (Å²) in [5.41, 5.74) is 4.38. The van der Waals surface area contributed by atoms with Crippen molar-refractivity contribution in [1.29, 1.82) is 0 Å². The Hall–Kier alpha value is -2.10. The Balaban J connectivity index is 2.19. The molecule has 0 atom stereocenters. The van der Waals surface area contributed by atoms with Gasteiger partial charge in [0.25, 0.3) is 5.91 Å². The molecule has 100 valence electrons. The summed E-state index contributed by atoms with van der Waals surface area (Å²) >= 11 is 0. The minimum atomic E-state index is -0.107. The van der Waals surface area contributed by atoms with Crippen LogP contribution in [-0.2, 0) is 0 Å². The summed E-state index contributed by atoms with van der Waals surface area (Å²) < 4.78 is 0. The molecule has 2 aromatic rings. The van der Waals surface area contributed by atoms with E-state index in [2.05, 4.69) is 29.1 Å². The molecule has 1 amide bonds. The van der Waals surface area contributed by atoms with Crippen molar-refractivity contribution in [3.63, 3.8) is 0 Å². The van der Waals surface area contributed by atoms with E-state index in [-0.39, 0.29) is 5.91 Å². The lowest BCUT2D eigenvalue weighted by molar-refractivity contribution is 0.102. The fourth-order valence-electron chi connectivity index (χ4n) is 2.00. The maximum atomic E-state index is 12.2. The van der Waals surface area contributed by atoms with Crippen molar-refractivity contribution < 1.29 is 4.79 Å². The zero-order valence-electron chi connectivity index (χ0n) is 11.7. The minimum Gasteiger partial charge on any atom is -0.362 e. The molecular weight excluding hydrogens is 238 g/mol. The third-order valence-corrected chi connectivity index (χ3v) is 3.08. The van der Waals surface area contributed by atoms with Crippen LogP contribution in [0.15, 0.2) is 24.5 Å². The topological polar surface area (TPSA) is 57.8 Å². The summed E-state index contributed by atoms with van der Waals surface area (Å²) in [6.45, 7) is 8.03. The first-order chi connectivity index (χ1) is 8.97. The first-order valence-electron chi connectivity index (χ1n) is 6.40. The van der Waals surface area contributed by atoms with Crippen molar-refractivity contribution >= 4 is 11.6 Å². The van der Waals surface area contributed by atoms with E-state index in [4.69, 9.17) is 0 Å². The number of hydrogen-bond donors (Lipinski definition) is 2. The van der Waals surface area contributed by atoms with Gasteiger partial charge in [0.2, 0.25) is 0 Å². The number of hydrogen-bond acceptors (Lipinski definition) is 2. The van der Waals surface area contributed by atoms with Crippen LogP contribution in [0.4, 0.5) is 5.69 Å². The Morgan fingerprint density at radius 2 is 2.00 bits per heavy atom. The number of anilines is 1. The third kappa shape index (κ3) is 3.02. The average molecular weight is 257 g/mol. The van der Waals surface area contributed by atoms with Crippen LogP contribution in [0.1, 0.15) is 47.1 Å². The highest BCUT2D eigenvalue weighted by atomic mass is 16.1. The van der Waals surface area contributed by atoms with Crippen LogP contribution in [0, 0.1) is 13.8 Å². The second-order valence-electron chi connectivity index (χ2n) is 5.11. The van der Waals surface area contributed by atoms with Crippen LogP contribution in [0.2, 0.25) is 0 Å². The molecule has 0 radical (unpaired) electrons. The zero-order chi connectivity index (χ0) is 14.0. The highest BCUT2D eigenvalue weighted by molar-refractivity contribution is 6.05. The standard InChI is InChI=1S/C15H19N3O/c1-9(2)12-6-13(8-16-7-12)18-15(19)14-5-10(3)17-11(14)4/h5-9,17H,1-4H3,(H,18,19). The molecule has 0 fully saturated rings. The number of nitrogens with zero attached hydrogens (tertiary/aromatic N) is 1. The van der Waals surface area contributed by atoms with Gasteiger partial charge in [-0.05, 0) is 37.5 Å². The van der Waals surface area contributed by atoms with Crippen molar-refractivity contribution in [2.45, 2.75) is 33.6 Å². The number of pyridine rings is 1. The number of amides is 1. The Labute approximate surface area is 113 Å². The number of aryl methyl sites for hydroxylation is 2. The quantitative estimate of drug-likeness (QED) is 0.885. The van der Waals surface area contributed by atoms with Gasteiger partial charge in [-0.3, -0.25) is 9.78 Å². The lowest BCUT2D eigenvalue weighted by Gasteiger charge is -2.08. The molecule has 0 bridgehead atoms. The molecule has 4 nitrogen and oxygen atoms in total. The first-order valence-corrected chi connectivity index (χ1v) is 6.40. The summed E-state index contributed by atoms with van der Waals surface area (Å²) in [5.74, 6) is 0.283. The number of H-pyrrole nitrogens is 1. The Morgan fingerprint density at radius 1 is 1.26 bits per heavy atom. The monoisotopic (exact) mass is 257 g/mol. The van der Waals surface area contributed by atoms with Crippen LogP contribution < -0.4 is 5.32 Å². The van der Waals surface area contributed by atoms with Gasteiger partial charge in [0.1, 0.15) is 0 Å². The maximum Gasteiger partial charge on any atom is 0.257 e. The van der Waals surface area contributed by atoms with Gasteiger partial charge < -0.3 is 10.3 Å². The van der Waals surface area contributed by atoms with Gasteiger partial charge in [0.15, 0.2) is 0 Å². The van der Waals surface area contributed by atoms with Crippen LogP contribution in [0.25, 0.3) is 0 Å². The number of carbonyl (C=O) groups is 1. The van der Waals surface area contributed by atoms with E-state index in [9.17, 15) is 4.79 Å². The van der Waals surface area contributed by atoms with Gasteiger partial charge in [-0.25, -0.2) is 0 Å². The van der Waals surface area contributed by atoms with E-state index in [1.54, 1.807) is 6.20 Å². The van der Waals surface area contributed by atoms with E-state index in [0.717, 1.165) is 22.6 Å². The van der Waals surface area contributed by atoms with E-state index in [1.807, 2.05) is 32.2 Å². The lowest BCUT2D eigenvalue weighted by atomic mass is 10.1. The van der Waals surface area contributed by atoms with Gasteiger partial charge in [-0.15, -0.1) is 0 Å². The first kappa shape index (κ1) is 13.3. The van der Waals surface area contributed by atoms with Crippen LogP contribution >= 0.6 is 0 Å². The van der Waals surface area contributed by atoms with Gasteiger partial charge in [-0.2, -0.15) is 0 Å².